The van der Waals surface area contributed by atoms with Crippen molar-refractivity contribution in [3.63, 3.8) is 0 Å². The monoisotopic (exact) mass is 1270 g/mol. The molecule has 7 N–H and O–H groups in total. The first-order valence-corrected chi connectivity index (χ1v) is 32.5. The highest BCUT2D eigenvalue weighted by Gasteiger charge is 2.41. The van der Waals surface area contributed by atoms with Crippen molar-refractivity contribution in [3.8, 4) is 23.0 Å². The molecule has 0 aromatic heterocycles. The Morgan fingerprint density at radius 3 is 1.12 bits per heavy atom. The predicted molar refractivity (Wildman–Crippen MR) is 375 cm³/mol. The lowest BCUT2D eigenvalue weighted by atomic mass is 9.92. The number of aromatic hydroxyl groups is 4. The fourth-order valence-electron chi connectivity index (χ4n) is 13.8. The van der Waals surface area contributed by atoms with Crippen LogP contribution in [0, 0.1) is 0 Å². The Morgan fingerprint density at radius 1 is 0.466 bits per heavy atom. The molecular weight excluding hydrogens is 1190 g/mol. The summed E-state index contributed by atoms with van der Waals surface area (Å²) in [5, 5.41) is 58.7. The predicted octanol–water partition coefficient (Wildman–Crippen LogP) is 16.9. The van der Waals surface area contributed by atoms with Crippen LogP contribution in [0.25, 0.3) is 43.1 Å². The minimum absolute atomic E-state index is 0.0112. The molecule has 12 nitrogen and oxygen atoms in total. The van der Waals surface area contributed by atoms with E-state index >= 15 is 0 Å². The molecule has 0 spiro atoms. The Morgan fingerprint density at radius 2 is 0.773 bits per heavy atom. The van der Waals surface area contributed by atoms with Gasteiger partial charge in [-0.05, 0) is 128 Å². The average molecular weight is 1280 g/mol. The number of phenolic OH excluding ortho intramolecular Hbond substituents is 4. The van der Waals surface area contributed by atoms with E-state index in [1.54, 1.807) is 12.1 Å². The zero-order chi connectivity index (χ0) is 64.4. The van der Waals surface area contributed by atoms with Crippen LogP contribution in [-0.4, -0.2) is 118 Å². The highest BCUT2D eigenvalue weighted by atomic mass is 35.5. The van der Waals surface area contributed by atoms with Gasteiger partial charge in [-0.15, -0.1) is 46.4 Å². The molecular formula is C72H88Cl4N6O6. The third kappa shape index (κ3) is 12.1. The quantitative estimate of drug-likeness (QED) is 0.0510. The standard InChI is InChI=1S/C19H25ClN2O.C18H22ClNO2.C18H20ClNO2.C17H21ClN2O/c1-19(2,3)22-11-12(10-20)17-15(22)9-16(23)13-7-6-8-14(18(13)17)21(4)5;2*1-18(2,3)20-9-12(8-19)17-14(20)7-15(22)13-6-4-5-11(10-21)16(13)17;1-17(2,3)20-9-10(8-18)15-13(20)7-14(21)11-5-4-6-12(19)16(11)15/h6-9,12,23H,10-11H2,1-5H3;4-7,12,21-22H,8-10H2,1-3H3;4-7,10,12,22H,8-9H2,1-3H3;4-7,10,21H,8-9,19H2,1-3H3/t3*12-;10-/m1111/s1. The summed E-state index contributed by atoms with van der Waals surface area (Å²) < 4.78 is 0. The van der Waals surface area contributed by atoms with Gasteiger partial charge in [0.2, 0.25) is 0 Å². The molecule has 4 aliphatic rings. The molecule has 16 heteroatoms. The molecule has 0 amide bonds. The summed E-state index contributed by atoms with van der Waals surface area (Å²) in [7, 11) is 4.08. The van der Waals surface area contributed by atoms with E-state index in [9.17, 15) is 30.3 Å². The van der Waals surface area contributed by atoms with Crippen molar-refractivity contribution in [2.75, 3.05) is 94.0 Å². The summed E-state index contributed by atoms with van der Waals surface area (Å²) in [6.07, 6.45) is 0.854. The summed E-state index contributed by atoms with van der Waals surface area (Å²) in [6.45, 7) is 29.3. The second kappa shape index (κ2) is 25.1. The maximum Gasteiger partial charge on any atom is 0.150 e. The number of hydrogen-bond acceptors (Lipinski definition) is 12. The molecule has 0 unspecified atom stereocenters. The number of nitrogens with two attached hydrogens (primary N) is 1. The molecule has 4 heterocycles. The fraction of sp³-hybridized carbons (Fsp3) is 0.431. The number of phenols is 4. The van der Waals surface area contributed by atoms with Gasteiger partial charge in [0, 0.05) is 211 Å². The molecule has 0 radical (unpaired) electrons. The van der Waals surface area contributed by atoms with Gasteiger partial charge in [0.05, 0.1) is 6.61 Å². The van der Waals surface area contributed by atoms with Crippen LogP contribution in [0.1, 0.15) is 145 Å². The molecule has 12 rings (SSSR count). The Bertz CT molecular complexity index is 3940. The van der Waals surface area contributed by atoms with Crippen LogP contribution in [0.4, 0.5) is 34.1 Å². The first-order chi connectivity index (χ1) is 41.4. The van der Waals surface area contributed by atoms with Crippen LogP contribution in [0.5, 0.6) is 23.0 Å². The van der Waals surface area contributed by atoms with Crippen molar-refractivity contribution in [1.82, 2.24) is 0 Å². The summed E-state index contributed by atoms with van der Waals surface area (Å²) >= 11 is 25.0. The van der Waals surface area contributed by atoms with Crippen molar-refractivity contribution in [2.45, 2.75) is 136 Å². The maximum absolute atomic E-state index is 11.5. The zero-order valence-electron chi connectivity index (χ0n) is 53.5. The van der Waals surface area contributed by atoms with Gasteiger partial charge in [0.25, 0.3) is 0 Å². The van der Waals surface area contributed by atoms with Gasteiger partial charge in [-0.25, -0.2) is 0 Å². The summed E-state index contributed by atoms with van der Waals surface area (Å²) in [5.41, 5.74) is 18.2. The normalized spacial score (nSPS) is 17.9. The van der Waals surface area contributed by atoms with E-state index < -0.39 is 0 Å². The lowest BCUT2D eigenvalue weighted by molar-refractivity contribution is 0.112. The minimum atomic E-state index is -0.0776. The summed E-state index contributed by atoms with van der Waals surface area (Å²) in [4.78, 5) is 22.8. The molecule has 470 valence electrons. The minimum Gasteiger partial charge on any atom is -0.507 e. The number of carbonyl (C=O) groups excluding carboxylic acids is 1. The van der Waals surface area contributed by atoms with E-state index in [-0.39, 0.29) is 69.7 Å². The number of halogens is 4. The summed E-state index contributed by atoms with van der Waals surface area (Å²) in [6, 6.07) is 30.3. The number of nitrogen functional groups attached to an aromatic ring is 1. The van der Waals surface area contributed by atoms with Crippen LogP contribution in [0.2, 0.25) is 0 Å². The van der Waals surface area contributed by atoms with E-state index in [1.807, 2.05) is 93.0 Å². The van der Waals surface area contributed by atoms with Crippen molar-refractivity contribution >= 4 is 130 Å². The van der Waals surface area contributed by atoms with Crippen LogP contribution in [0.3, 0.4) is 0 Å². The van der Waals surface area contributed by atoms with Crippen molar-refractivity contribution in [2.24, 2.45) is 0 Å². The van der Waals surface area contributed by atoms with Crippen LogP contribution < -0.4 is 30.2 Å². The second-order valence-electron chi connectivity index (χ2n) is 28.1. The van der Waals surface area contributed by atoms with Gasteiger partial charge < -0.3 is 55.8 Å². The highest BCUT2D eigenvalue weighted by Crippen LogP contribution is 2.53. The molecule has 4 atom stereocenters. The number of anilines is 6. The number of rotatable bonds is 7. The number of fused-ring (bicyclic) bond motifs is 12. The first kappa shape index (κ1) is 66.0. The number of nitrogens with zero attached hydrogens (tertiary/aromatic N) is 5. The molecule has 0 fully saturated rings. The average Bonchev–Trinajstić information content (AvgIpc) is 1.61. The molecule has 0 saturated carbocycles. The van der Waals surface area contributed by atoms with Gasteiger partial charge in [-0.2, -0.15) is 0 Å². The largest absolute Gasteiger partial charge is 0.507 e. The third-order valence-electron chi connectivity index (χ3n) is 17.9. The highest BCUT2D eigenvalue weighted by molar-refractivity contribution is 6.20. The smallest absolute Gasteiger partial charge is 0.150 e. The molecule has 4 aliphatic heterocycles. The number of alkyl halides is 4. The number of benzene rings is 8. The number of aliphatic hydroxyl groups is 1. The van der Waals surface area contributed by atoms with E-state index in [4.69, 9.17) is 52.1 Å². The van der Waals surface area contributed by atoms with E-state index in [2.05, 4.69) is 114 Å². The van der Waals surface area contributed by atoms with Crippen LogP contribution in [-0.2, 0) is 6.61 Å². The number of aliphatic hydroxyl groups excluding tert-OH is 1. The Labute approximate surface area is 539 Å². The molecule has 8 aromatic carbocycles. The van der Waals surface area contributed by atoms with Crippen molar-refractivity contribution in [1.29, 1.82) is 0 Å². The fourth-order valence-corrected chi connectivity index (χ4v) is 14.8. The Hall–Kier alpha value is -6.41. The maximum atomic E-state index is 11.5. The van der Waals surface area contributed by atoms with Gasteiger partial charge in [-0.3, -0.25) is 4.79 Å². The Balaban J connectivity index is 0.000000140. The second-order valence-corrected chi connectivity index (χ2v) is 29.3. The molecule has 8 aromatic rings. The molecule has 0 bridgehead atoms. The number of carbonyl (C=O) groups is 1. The van der Waals surface area contributed by atoms with Crippen LogP contribution >= 0.6 is 46.4 Å². The van der Waals surface area contributed by atoms with Crippen molar-refractivity contribution in [3.05, 3.63) is 130 Å². The van der Waals surface area contributed by atoms with E-state index in [1.165, 1.54) is 11.1 Å². The lowest BCUT2D eigenvalue weighted by Gasteiger charge is -2.35. The topological polar surface area (TPSA) is 160 Å². The van der Waals surface area contributed by atoms with Gasteiger partial charge in [-0.1, -0.05) is 60.7 Å². The number of aldehydes is 1. The van der Waals surface area contributed by atoms with Crippen LogP contribution in [0.15, 0.2) is 97.1 Å². The molecule has 0 aliphatic carbocycles. The van der Waals surface area contributed by atoms with E-state index in [0.29, 0.717) is 45.9 Å². The van der Waals surface area contributed by atoms with Gasteiger partial charge in [0.1, 0.15) is 23.0 Å². The molecule has 88 heavy (non-hydrogen) atoms. The first-order valence-electron chi connectivity index (χ1n) is 30.3. The number of hydrogen-bond donors (Lipinski definition) is 6. The lowest BCUT2D eigenvalue weighted by Crippen LogP contribution is -2.40. The summed E-state index contributed by atoms with van der Waals surface area (Å²) in [5.74, 6) is 4.10. The Kier molecular flexibility index (Phi) is 18.8. The van der Waals surface area contributed by atoms with Gasteiger partial charge in [0.15, 0.2) is 6.29 Å². The molecule has 0 saturated heterocycles. The third-order valence-corrected chi connectivity index (χ3v) is 19.4. The zero-order valence-corrected chi connectivity index (χ0v) is 56.5. The van der Waals surface area contributed by atoms with Gasteiger partial charge >= 0.3 is 0 Å². The SMILES string of the molecule is CC(C)(C)N1C[C@@H](CCl)c2c1cc(O)c1cccc(C=O)c21.CC(C)(C)N1C[C@@H](CCl)c2c1cc(O)c1cccc(CO)c21.CC(C)(C)N1C[C@@H](CCl)c2c1cc(O)c1cccc(N)c21.CN(C)c1cccc2c(O)cc3c(c12)[C@H](CCl)CN3C(C)(C)C. The van der Waals surface area contributed by atoms with E-state index in [0.717, 1.165) is 115 Å². The van der Waals surface area contributed by atoms with Crippen molar-refractivity contribution < 1.29 is 30.3 Å².